The van der Waals surface area contributed by atoms with Gasteiger partial charge < -0.3 is 5.73 Å². The Labute approximate surface area is 112 Å². The van der Waals surface area contributed by atoms with Crippen LogP contribution in [-0.4, -0.2) is 4.98 Å². The predicted molar refractivity (Wildman–Crippen MR) is 77.1 cm³/mol. The average molecular weight is 281 g/mol. The van der Waals surface area contributed by atoms with Crippen molar-refractivity contribution in [2.75, 3.05) is 5.73 Å². The van der Waals surface area contributed by atoms with E-state index < -0.39 is 0 Å². The molecule has 0 aliphatic rings. The quantitative estimate of drug-likeness (QED) is 0.709. The van der Waals surface area contributed by atoms with Gasteiger partial charge in [0.1, 0.15) is 5.01 Å². The largest absolute Gasteiger partial charge is 0.390 e. The minimum atomic E-state index is 0.747. The van der Waals surface area contributed by atoms with E-state index in [1.807, 2.05) is 25.1 Å². The molecule has 0 bridgehead atoms. The number of thiophene rings is 1. The van der Waals surface area contributed by atoms with Crippen molar-refractivity contribution in [1.29, 1.82) is 0 Å². The van der Waals surface area contributed by atoms with Gasteiger partial charge in [-0.25, -0.2) is 4.98 Å². The summed E-state index contributed by atoms with van der Waals surface area (Å²) in [7, 11) is 0. The third kappa shape index (κ3) is 1.82. The number of hydrogen-bond acceptors (Lipinski definition) is 4. The van der Waals surface area contributed by atoms with Crippen molar-refractivity contribution < 1.29 is 0 Å². The molecule has 0 saturated carbocycles. The lowest BCUT2D eigenvalue weighted by atomic mass is 10.3. The highest BCUT2D eigenvalue weighted by Gasteiger charge is 2.12. The summed E-state index contributed by atoms with van der Waals surface area (Å²) in [6, 6.07) is 7.84. The van der Waals surface area contributed by atoms with E-state index in [9.17, 15) is 0 Å². The summed E-state index contributed by atoms with van der Waals surface area (Å²) in [5.74, 6) is 0. The molecule has 86 valence electrons. The van der Waals surface area contributed by atoms with E-state index in [-0.39, 0.29) is 0 Å². The zero-order chi connectivity index (χ0) is 12.0. The average Bonchev–Trinajstić information content (AvgIpc) is 2.82. The summed E-state index contributed by atoms with van der Waals surface area (Å²) in [5, 5.41) is 2.50. The first-order chi connectivity index (χ1) is 8.15. The number of hydrogen-bond donors (Lipinski definition) is 1. The van der Waals surface area contributed by atoms with Gasteiger partial charge in [0.05, 0.1) is 20.2 Å². The zero-order valence-corrected chi connectivity index (χ0v) is 11.4. The summed E-state index contributed by atoms with van der Waals surface area (Å²) in [6.45, 7) is 2.05. The lowest BCUT2D eigenvalue weighted by molar-refractivity contribution is 1.48. The first-order valence-electron chi connectivity index (χ1n) is 5.06. The van der Waals surface area contributed by atoms with Gasteiger partial charge in [-0.15, -0.1) is 22.7 Å². The second-order valence-corrected chi connectivity index (χ2v) is 6.44. The van der Waals surface area contributed by atoms with Gasteiger partial charge in [0.25, 0.3) is 0 Å². The lowest BCUT2D eigenvalue weighted by Crippen LogP contribution is -1.81. The lowest BCUT2D eigenvalue weighted by Gasteiger charge is -1.91. The van der Waals surface area contributed by atoms with E-state index >= 15 is 0 Å². The molecule has 2 aromatic heterocycles. The maximum atomic E-state index is 6.14. The van der Waals surface area contributed by atoms with Crippen LogP contribution in [0.3, 0.4) is 0 Å². The molecule has 2 heterocycles. The fraction of sp³-hybridized carbons (Fsp3) is 0.0833. The van der Waals surface area contributed by atoms with Crippen molar-refractivity contribution in [3.63, 3.8) is 0 Å². The number of nitrogens with two attached hydrogens (primary N) is 1. The van der Waals surface area contributed by atoms with Crippen LogP contribution in [0.5, 0.6) is 0 Å². The highest BCUT2D eigenvalue weighted by molar-refractivity contribution is 7.23. The molecule has 0 radical (unpaired) electrons. The number of rotatable bonds is 1. The number of halogens is 1. The number of fused-ring (bicyclic) bond motifs is 1. The van der Waals surface area contributed by atoms with Crippen LogP contribution < -0.4 is 5.73 Å². The molecule has 2 N–H and O–H groups in total. The van der Waals surface area contributed by atoms with E-state index in [0.717, 1.165) is 30.8 Å². The van der Waals surface area contributed by atoms with E-state index in [1.54, 1.807) is 22.7 Å². The molecule has 2 nitrogen and oxygen atoms in total. The van der Waals surface area contributed by atoms with Crippen LogP contribution in [0, 0.1) is 6.92 Å². The van der Waals surface area contributed by atoms with Gasteiger partial charge in [-0.05, 0) is 25.1 Å². The Hall–Kier alpha value is -1.10. The Bertz CT molecular complexity index is 700. The second-order valence-electron chi connectivity index (χ2n) is 3.74. The normalized spacial score (nSPS) is 11.2. The van der Waals surface area contributed by atoms with Crippen molar-refractivity contribution in [1.82, 2.24) is 4.98 Å². The smallest absolute Gasteiger partial charge is 0.127 e. The number of thiazole rings is 1. The SMILES string of the molecule is Cc1cc(-c2nc3cccc(Cl)c3s2)c(N)s1. The number of aromatic nitrogens is 1. The maximum absolute atomic E-state index is 6.14. The summed E-state index contributed by atoms with van der Waals surface area (Å²) in [6.07, 6.45) is 0. The predicted octanol–water partition coefficient (Wildman–Crippen LogP) is 4.57. The molecule has 3 aromatic rings. The fourth-order valence-corrected chi connectivity index (χ4v) is 3.87. The Balaban J connectivity index is 2.25. The molecular weight excluding hydrogens is 272 g/mol. The van der Waals surface area contributed by atoms with Crippen LogP contribution in [0.25, 0.3) is 20.8 Å². The van der Waals surface area contributed by atoms with Crippen LogP contribution in [0.2, 0.25) is 5.02 Å². The minimum absolute atomic E-state index is 0.747. The monoisotopic (exact) mass is 280 g/mol. The molecule has 3 rings (SSSR count). The molecule has 0 saturated heterocycles. The standard InChI is InChI=1S/C12H9ClN2S2/c1-6-5-7(11(14)16-6)12-15-9-4-2-3-8(13)10(9)17-12/h2-5H,14H2,1H3. The third-order valence-electron chi connectivity index (χ3n) is 2.48. The zero-order valence-electron chi connectivity index (χ0n) is 9.03. The second kappa shape index (κ2) is 3.98. The van der Waals surface area contributed by atoms with Crippen LogP contribution in [0.1, 0.15) is 4.88 Å². The first-order valence-corrected chi connectivity index (χ1v) is 7.07. The number of benzene rings is 1. The van der Waals surface area contributed by atoms with Crippen LogP contribution in [-0.2, 0) is 0 Å². The summed E-state index contributed by atoms with van der Waals surface area (Å²) < 4.78 is 1.02. The number of aryl methyl sites for hydroxylation is 1. The highest BCUT2D eigenvalue weighted by atomic mass is 35.5. The van der Waals surface area contributed by atoms with Gasteiger partial charge in [-0.3, -0.25) is 0 Å². The van der Waals surface area contributed by atoms with Gasteiger partial charge in [0, 0.05) is 10.4 Å². The Morgan fingerprint density at radius 2 is 2.12 bits per heavy atom. The summed E-state index contributed by atoms with van der Waals surface area (Å²) >= 11 is 9.32. The van der Waals surface area contributed by atoms with Gasteiger partial charge in [-0.2, -0.15) is 0 Å². The highest BCUT2D eigenvalue weighted by Crippen LogP contribution is 2.39. The van der Waals surface area contributed by atoms with Gasteiger partial charge >= 0.3 is 0 Å². The number of nitrogens with zero attached hydrogens (tertiary/aromatic N) is 1. The molecule has 17 heavy (non-hydrogen) atoms. The van der Waals surface area contributed by atoms with Crippen molar-refractivity contribution in [3.8, 4) is 10.6 Å². The van der Waals surface area contributed by atoms with Crippen LogP contribution >= 0.6 is 34.3 Å². The van der Waals surface area contributed by atoms with E-state index in [0.29, 0.717) is 0 Å². The molecule has 0 atom stereocenters. The van der Waals surface area contributed by atoms with Gasteiger partial charge in [-0.1, -0.05) is 17.7 Å². The number of nitrogen functional groups attached to an aromatic ring is 1. The molecule has 5 heteroatoms. The maximum Gasteiger partial charge on any atom is 0.127 e. The first kappa shape index (κ1) is 11.0. The molecule has 0 amide bonds. The molecule has 0 fully saturated rings. The Morgan fingerprint density at radius 1 is 1.29 bits per heavy atom. The minimum Gasteiger partial charge on any atom is -0.390 e. The third-order valence-corrected chi connectivity index (χ3v) is 4.93. The molecule has 0 unspecified atom stereocenters. The molecule has 1 aromatic carbocycles. The molecule has 0 spiro atoms. The fourth-order valence-electron chi connectivity index (χ4n) is 1.73. The molecule has 0 aliphatic heterocycles. The Kier molecular flexibility index (Phi) is 2.58. The number of anilines is 1. The van der Waals surface area contributed by atoms with E-state index in [4.69, 9.17) is 17.3 Å². The molecular formula is C12H9ClN2S2. The topological polar surface area (TPSA) is 38.9 Å². The van der Waals surface area contributed by atoms with Crippen LogP contribution in [0.4, 0.5) is 5.00 Å². The van der Waals surface area contributed by atoms with E-state index in [1.165, 1.54) is 4.88 Å². The summed E-state index contributed by atoms with van der Waals surface area (Å²) in [5.41, 5.74) is 7.94. The summed E-state index contributed by atoms with van der Waals surface area (Å²) in [4.78, 5) is 5.78. The molecule has 0 aliphatic carbocycles. The van der Waals surface area contributed by atoms with Gasteiger partial charge in [0.2, 0.25) is 0 Å². The van der Waals surface area contributed by atoms with Crippen molar-refractivity contribution in [2.45, 2.75) is 6.92 Å². The van der Waals surface area contributed by atoms with Crippen molar-refractivity contribution >= 4 is 49.5 Å². The van der Waals surface area contributed by atoms with E-state index in [2.05, 4.69) is 11.1 Å². The van der Waals surface area contributed by atoms with Gasteiger partial charge in [0.15, 0.2) is 0 Å². The van der Waals surface area contributed by atoms with Crippen LogP contribution in [0.15, 0.2) is 24.3 Å². The van der Waals surface area contributed by atoms with Crippen molar-refractivity contribution in [3.05, 3.63) is 34.2 Å². The Morgan fingerprint density at radius 3 is 2.76 bits per heavy atom. The van der Waals surface area contributed by atoms with Crippen molar-refractivity contribution in [2.24, 2.45) is 0 Å².